The molecule has 0 rings (SSSR count). The Balaban J connectivity index is 4.79. The summed E-state index contributed by atoms with van der Waals surface area (Å²) < 4.78 is 37.2. The highest BCUT2D eigenvalue weighted by Gasteiger charge is 2.52. The zero-order valence-electron chi connectivity index (χ0n) is 7.50. The van der Waals surface area contributed by atoms with E-state index in [1.54, 1.807) is 6.92 Å². The van der Waals surface area contributed by atoms with Crippen molar-refractivity contribution in [3.8, 4) is 0 Å². The first-order chi connectivity index (χ1) is 5.29. The third-order valence-corrected chi connectivity index (χ3v) is 2.55. The molecule has 0 aromatic carbocycles. The van der Waals surface area contributed by atoms with Gasteiger partial charge >= 0.3 is 6.18 Å². The van der Waals surface area contributed by atoms with E-state index in [1.165, 1.54) is 6.92 Å². The Labute approximate surface area is 70.5 Å². The lowest BCUT2D eigenvalue weighted by atomic mass is 9.77. The topological polar surface area (TPSA) is 23.9 Å². The standard InChI is InChI=1S/C8H14F3N/c1-4-6(2)7(3,5-12)8(9,10)11/h5-6,12H,4H2,1-3H3/t6-,7?/m0/s1. The summed E-state index contributed by atoms with van der Waals surface area (Å²) in [4.78, 5) is 0. The molecule has 0 aliphatic carbocycles. The van der Waals surface area contributed by atoms with Gasteiger partial charge in [-0.3, -0.25) is 0 Å². The quantitative estimate of drug-likeness (QED) is 0.646. The van der Waals surface area contributed by atoms with Crippen molar-refractivity contribution < 1.29 is 13.2 Å². The molecule has 0 heterocycles. The SMILES string of the molecule is CC[C@H](C)C(C)(C=N)C(F)(F)F. The van der Waals surface area contributed by atoms with Crippen LogP contribution < -0.4 is 0 Å². The molecule has 0 aromatic heterocycles. The van der Waals surface area contributed by atoms with Crippen LogP contribution in [0.4, 0.5) is 13.2 Å². The highest BCUT2D eigenvalue weighted by Crippen LogP contribution is 2.43. The van der Waals surface area contributed by atoms with E-state index in [0.717, 1.165) is 6.92 Å². The number of halogens is 3. The maximum Gasteiger partial charge on any atom is 0.399 e. The maximum absolute atomic E-state index is 12.4. The molecule has 2 atom stereocenters. The van der Waals surface area contributed by atoms with E-state index in [4.69, 9.17) is 5.41 Å². The third kappa shape index (κ3) is 1.79. The molecule has 0 aliphatic heterocycles. The van der Waals surface area contributed by atoms with Crippen molar-refractivity contribution in [3.05, 3.63) is 0 Å². The van der Waals surface area contributed by atoms with Crippen LogP contribution >= 0.6 is 0 Å². The smallest absolute Gasteiger partial charge is 0.312 e. The summed E-state index contributed by atoms with van der Waals surface area (Å²) in [6, 6.07) is 0. The first-order valence-electron chi connectivity index (χ1n) is 3.88. The van der Waals surface area contributed by atoms with Crippen LogP contribution in [0.2, 0.25) is 0 Å². The van der Waals surface area contributed by atoms with Crippen LogP contribution in [0.15, 0.2) is 0 Å². The molecule has 0 radical (unpaired) electrons. The van der Waals surface area contributed by atoms with Crippen LogP contribution in [0.25, 0.3) is 0 Å². The first kappa shape index (κ1) is 11.5. The fraction of sp³-hybridized carbons (Fsp3) is 0.875. The minimum atomic E-state index is -4.32. The monoisotopic (exact) mass is 181 g/mol. The van der Waals surface area contributed by atoms with Crippen LogP contribution in [-0.4, -0.2) is 12.4 Å². The van der Waals surface area contributed by atoms with E-state index in [0.29, 0.717) is 12.6 Å². The van der Waals surface area contributed by atoms with Crippen molar-refractivity contribution in [2.75, 3.05) is 0 Å². The lowest BCUT2D eigenvalue weighted by Crippen LogP contribution is -2.41. The molecule has 72 valence electrons. The van der Waals surface area contributed by atoms with Crippen molar-refractivity contribution in [1.29, 1.82) is 5.41 Å². The van der Waals surface area contributed by atoms with Gasteiger partial charge in [-0.15, -0.1) is 0 Å². The second-order valence-corrected chi connectivity index (χ2v) is 3.23. The van der Waals surface area contributed by atoms with E-state index < -0.39 is 17.5 Å². The molecule has 1 N–H and O–H groups in total. The van der Waals surface area contributed by atoms with Crippen LogP contribution in [-0.2, 0) is 0 Å². The summed E-state index contributed by atoms with van der Waals surface area (Å²) in [6.45, 7) is 4.27. The molecule has 0 saturated carbocycles. The molecule has 0 fully saturated rings. The van der Waals surface area contributed by atoms with Crippen molar-refractivity contribution in [1.82, 2.24) is 0 Å². The largest absolute Gasteiger partial charge is 0.399 e. The highest BCUT2D eigenvalue weighted by molar-refractivity contribution is 5.63. The van der Waals surface area contributed by atoms with Gasteiger partial charge in [-0.1, -0.05) is 20.3 Å². The molecule has 0 aliphatic rings. The maximum atomic E-state index is 12.4. The molecule has 0 aromatic rings. The molecular weight excluding hydrogens is 167 g/mol. The Morgan fingerprint density at radius 1 is 1.42 bits per heavy atom. The lowest BCUT2D eigenvalue weighted by molar-refractivity contribution is -0.205. The average molecular weight is 181 g/mol. The third-order valence-electron chi connectivity index (χ3n) is 2.55. The molecule has 0 spiro atoms. The van der Waals surface area contributed by atoms with Crippen molar-refractivity contribution in [2.45, 2.75) is 33.4 Å². The van der Waals surface area contributed by atoms with Crippen molar-refractivity contribution in [3.63, 3.8) is 0 Å². The number of nitrogens with one attached hydrogen (secondary N) is 1. The van der Waals surface area contributed by atoms with E-state index in [9.17, 15) is 13.2 Å². The zero-order chi connectivity index (χ0) is 9.99. The number of hydrogen-bond donors (Lipinski definition) is 1. The summed E-state index contributed by atoms with van der Waals surface area (Å²) in [5, 5.41) is 6.80. The Morgan fingerprint density at radius 2 is 1.83 bits per heavy atom. The molecule has 1 unspecified atom stereocenters. The van der Waals surface area contributed by atoms with Gasteiger partial charge in [0.1, 0.15) is 5.41 Å². The molecule has 0 amide bonds. The van der Waals surface area contributed by atoms with Gasteiger partial charge < -0.3 is 5.41 Å². The second kappa shape index (κ2) is 3.46. The van der Waals surface area contributed by atoms with Gasteiger partial charge in [-0.25, -0.2) is 0 Å². The average Bonchev–Trinajstić information content (AvgIpc) is 1.99. The minimum Gasteiger partial charge on any atom is -0.312 e. The fourth-order valence-electron chi connectivity index (χ4n) is 0.928. The van der Waals surface area contributed by atoms with E-state index in [-0.39, 0.29) is 0 Å². The van der Waals surface area contributed by atoms with Crippen LogP contribution in [0.3, 0.4) is 0 Å². The first-order valence-corrected chi connectivity index (χ1v) is 3.88. The molecular formula is C8H14F3N. The Kier molecular flexibility index (Phi) is 3.30. The van der Waals surface area contributed by atoms with E-state index in [2.05, 4.69) is 0 Å². The van der Waals surface area contributed by atoms with E-state index in [1.807, 2.05) is 0 Å². The molecule has 4 heteroatoms. The van der Waals surface area contributed by atoms with Gasteiger partial charge in [0.2, 0.25) is 0 Å². The summed E-state index contributed by atoms with van der Waals surface area (Å²) in [6.07, 6.45) is -3.39. The van der Waals surface area contributed by atoms with Gasteiger partial charge in [0.05, 0.1) is 0 Å². The summed E-state index contributed by atoms with van der Waals surface area (Å²) in [5.41, 5.74) is -1.97. The Bertz CT molecular complexity index is 164. The second-order valence-electron chi connectivity index (χ2n) is 3.23. The van der Waals surface area contributed by atoms with Crippen molar-refractivity contribution >= 4 is 6.21 Å². The molecule has 0 saturated heterocycles. The van der Waals surface area contributed by atoms with Gasteiger partial charge in [0.15, 0.2) is 0 Å². The van der Waals surface area contributed by atoms with Gasteiger partial charge in [0.25, 0.3) is 0 Å². The summed E-state index contributed by atoms with van der Waals surface area (Å²) in [5.74, 6) is -0.546. The minimum absolute atomic E-state index is 0.422. The van der Waals surface area contributed by atoms with E-state index >= 15 is 0 Å². The summed E-state index contributed by atoms with van der Waals surface area (Å²) in [7, 11) is 0. The Hall–Kier alpha value is -0.540. The number of alkyl halides is 3. The normalized spacial score (nSPS) is 19.8. The fourth-order valence-corrected chi connectivity index (χ4v) is 0.928. The highest BCUT2D eigenvalue weighted by atomic mass is 19.4. The van der Waals surface area contributed by atoms with Gasteiger partial charge in [-0.2, -0.15) is 13.2 Å². The van der Waals surface area contributed by atoms with Gasteiger partial charge in [0, 0.05) is 6.21 Å². The van der Waals surface area contributed by atoms with Crippen LogP contribution in [0.5, 0.6) is 0 Å². The lowest BCUT2D eigenvalue weighted by Gasteiger charge is -2.33. The molecule has 0 bridgehead atoms. The van der Waals surface area contributed by atoms with Gasteiger partial charge in [-0.05, 0) is 12.8 Å². The predicted octanol–water partition coefficient (Wildman–Crippen LogP) is 3.25. The number of hydrogen-bond acceptors (Lipinski definition) is 1. The number of rotatable bonds is 3. The molecule has 1 nitrogen and oxygen atoms in total. The Morgan fingerprint density at radius 3 is 1.92 bits per heavy atom. The van der Waals surface area contributed by atoms with Crippen LogP contribution in [0, 0.1) is 16.7 Å². The predicted molar refractivity (Wildman–Crippen MR) is 42.4 cm³/mol. The van der Waals surface area contributed by atoms with Crippen molar-refractivity contribution in [2.24, 2.45) is 11.3 Å². The summed E-state index contributed by atoms with van der Waals surface area (Å²) >= 11 is 0. The zero-order valence-corrected chi connectivity index (χ0v) is 7.50. The van der Waals surface area contributed by atoms with Crippen LogP contribution in [0.1, 0.15) is 27.2 Å². The molecule has 12 heavy (non-hydrogen) atoms.